The van der Waals surface area contributed by atoms with Gasteiger partial charge in [-0.25, -0.2) is 4.39 Å². The number of aryl methyl sites for hydroxylation is 1. The van der Waals surface area contributed by atoms with Gasteiger partial charge < -0.3 is 5.32 Å². The molecule has 0 unspecified atom stereocenters. The topological polar surface area (TPSA) is 15.3 Å². The third-order valence-corrected chi connectivity index (χ3v) is 3.81. The van der Waals surface area contributed by atoms with Crippen molar-refractivity contribution in [1.29, 1.82) is 0 Å². The van der Waals surface area contributed by atoms with Gasteiger partial charge in [0.05, 0.1) is 0 Å². The Morgan fingerprint density at radius 1 is 1.24 bits per heavy atom. The lowest BCUT2D eigenvalue weighted by Crippen LogP contribution is -2.45. The molecule has 1 fully saturated rings. The summed E-state index contributed by atoms with van der Waals surface area (Å²) in [6.07, 6.45) is -5.22. The molecule has 0 saturated carbocycles. The highest BCUT2D eigenvalue weighted by atomic mass is 19.4. The van der Waals surface area contributed by atoms with Gasteiger partial charge in [0.2, 0.25) is 0 Å². The van der Waals surface area contributed by atoms with E-state index >= 15 is 0 Å². The molecule has 1 heterocycles. The number of alkyl halides is 3. The van der Waals surface area contributed by atoms with Crippen LogP contribution in [0.3, 0.4) is 0 Å². The van der Waals surface area contributed by atoms with Gasteiger partial charge in [0.15, 0.2) is 0 Å². The smallest absolute Gasteiger partial charge is 0.314 e. The fraction of sp³-hybridized carbons (Fsp3) is 0.600. The zero-order chi connectivity index (χ0) is 15.5. The average molecular weight is 304 g/mol. The standard InChI is InChI=1S/C15H20F4N2/c1-11-2-3-12(13(16)10-11)14(4-5-15(17,18)19)21-8-6-20-7-9-21/h2-3,10,14,20H,4-9H2,1H3/t14-/m1/s1. The molecule has 0 radical (unpaired) electrons. The molecule has 2 nitrogen and oxygen atoms in total. The molecule has 0 aromatic heterocycles. The van der Waals surface area contributed by atoms with Gasteiger partial charge in [-0.3, -0.25) is 4.90 Å². The quantitative estimate of drug-likeness (QED) is 0.858. The van der Waals surface area contributed by atoms with Crippen molar-refractivity contribution in [3.8, 4) is 0 Å². The second kappa shape index (κ2) is 6.75. The number of hydrogen-bond donors (Lipinski definition) is 1. The van der Waals surface area contributed by atoms with Crippen molar-refractivity contribution < 1.29 is 17.6 Å². The van der Waals surface area contributed by atoms with Gasteiger partial charge in [-0.15, -0.1) is 0 Å². The summed E-state index contributed by atoms with van der Waals surface area (Å²) in [5, 5.41) is 3.16. The van der Waals surface area contributed by atoms with E-state index in [4.69, 9.17) is 0 Å². The monoisotopic (exact) mass is 304 g/mol. The molecule has 0 spiro atoms. The second-order valence-electron chi connectivity index (χ2n) is 5.48. The predicted molar refractivity (Wildman–Crippen MR) is 73.6 cm³/mol. The van der Waals surface area contributed by atoms with Crippen LogP contribution < -0.4 is 5.32 Å². The van der Waals surface area contributed by atoms with E-state index in [0.29, 0.717) is 18.7 Å². The van der Waals surface area contributed by atoms with Crippen molar-refractivity contribution in [2.75, 3.05) is 26.2 Å². The third kappa shape index (κ3) is 4.68. The lowest BCUT2D eigenvalue weighted by Gasteiger charge is -2.35. The fourth-order valence-electron chi connectivity index (χ4n) is 2.73. The van der Waals surface area contributed by atoms with E-state index in [2.05, 4.69) is 5.32 Å². The van der Waals surface area contributed by atoms with Gasteiger partial charge in [0.25, 0.3) is 0 Å². The maximum Gasteiger partial charge on any atom is 0.389 e. The van der Waals surface area contributed by atoms with Crippen LogP contribution in [0.5, 0.6) is 0 Å². The molecule has 1 saturated heterocycles. The third-order valence-electron chi connectivity index (χ3n) is 3.81. The first-order chi connectivity index (χ1) is 9.87. The molecular formula is C15H20F4N2. The Labute approximate surface area is 122 Å². The van der Waals surface area contributed by atoms with Crippen LogP contribution in [0, 0.1) is 12.7 Å². The Morgan fingerprint density at radius 3 is 2.48 bits per heavy atom. The summed E-state index contributed by atoms with van der Waals surface area (Å²) in [4.78, 5) is 1.94. The van der Waals surface area contributed by atoms with Crippen LogP contribution in [0.25, 0.3) is 0 Å². The molecule has 0 bridgehead atoms. The number of nitrogens with one attached hydrogen (secondary N) is 1. The average Bonchev–Trinajstić information content (AvgIpc) is 2.41. The molecule has 1 aliphatic heterocycles. The van der Waals surface area contributed by atoms with Crippen LogP contribution in [0.1, 0.15) is 30.0 Å². The molecule has 1 aromatic rings. The summed E-state index contributed by atoms with van der Waals surface area (Å²) in [7, 11) is 0. The summed E-state index contributed by atoms with van der Waals surface area (Å²) >= 11 is 0. The second-order valence-corrected chi connectivity index (χ2v) is 5.48. The Bertz CT molecular complexity index is 467. The van der Waals surface area contributed by atoms with Crippen molar-refractivity contribution >= 4 is 0 Å². The molecule has 21 heavy (non-hydrogen) atoms. The van der Waals surface area contributed by atoms with Crippen molar-refractivity contribution in [2.45, 2.75) is 32.0 Å². The number of benzene rings is 1. The minimum atomic E-state index is -4.21. The first-order valence-electron chi connectivity index (χ1n) is 7.14. The Morgan fingerprint density at radius 2 is 1.90 bits per heavy atom. The summed E-state index contributed by atoms with van der Waals surface area (Å²) < 4.78 is 51.8. The number of hydrogen-bond acceptors (Lipinski definition) is 2. The Balaban J connectivity index is 2.21. The predicted octanol–water partition coefficient (Wildman–Crippen LogP) is 3.42. The van der Waals surface area contributed by atoms with Crippen LogP contribution in [0.4, 0.5) is 17.6 Å². The van der Waals surface area contributed by atoms with E-state index < -0.39 is 24.5 Å². The van der Waals surface area contributed by atoms with E-state index in [1.165, 1.54) is 6.07 Å². The van der Waals surface area contributed by atoms with Crippen LogP contribution in [0.15, 0.2) is 18.2 Å². The molecular weight excluding hydrogens is 284 g/mol. The molecule has 0 aliphatic carbocycles. The van der Waals surface area contributed by atoms with Crippen LogP contribution >= 0.6 is 0 Å². The zero-order valence-electron chi connectivity index (χ0n) is 12.0. The molecule has 118 valence electrons. The minimum Gasteiger partial charge on any atom is -0.314 e. The van der Waals surface area contributed by atoms with E-state index in [9.17, 15) is 17.6 Å². The van der Waals surface area contributed by atoms with Crippen LogP contribution in [-0.4, -0.2) is 37.3 Å². The van der Waals surface area contributed by atoms with Gasteiger partial charge in [-0.05, 0) is 25.0 Å². The summed E-state index contributed by atoms with van der Waals surface area (Å²) in [5.41, 5.74) is 1.14. The molecule has 1 aliphatic rings. The molecule has 0 amide bonds. The van der Waals surface area contributed by atoms with E-state index in [1.807, 2.05) is 4.90 Å². The fourth-order valence-corrected chi connectivity index (χ4v) is 2.73. The maximum atomic E-state index is 14.2. The van der Waals surface area contributed by atoms with E-state index in [0.717, 1.165) is 18.7 Å². The summed E-state index contributed by atoms with van der Waals surface area (Å²) in [6.45, 7) is 4.47. The largest absolute Gasteiger partial charge is 0.389 e. The van der Waals surface area contributed by atoms with Crippen molar-refractivity contribution in [3.05, 3.63) is 35.1 Å². The number of piperazine rings is 1. The molecule has 6 heteroatoms. The first kappa shape index (κ1) is 16.2. The van der Waals surface area contributed by atoms with Crippen molar-refractivity contribution in [1.82, 2.24) is 10.2 Å². The lowest BCUT2D eigenvalue weighted by atomic mass is 9.97. The highest BCUT2D eigenvalue weighted by Gasteiger charge is 2.32. The van der Waals surface area contributed by atoms with Crippen molar-refractivity contribution in [3.63, 3.8) is 0 Å². The van der Waals surface area contributed by atoms with Gasteiger partial charge in [-0.2, -0.15) is 13.2 Å². The molecule has 1 atom stereocenters. The number of rotatable bonds is 4. The van der Waals surface area contributed by atoms with Gasteiger partial charge >= 0.3 is 6.18 Å². The highest BCUT2D eigenvalue weighted by Crippen LogP contribution is 2.33. The number of halogens is 4. The highest BCUT2D eigenvalue weighted by molar-refractivity contribution is 5.26. The van der Waals surface area contributed by atoms with Gasteiger partial charge in [-0.1, -0.05) is 12.1 Å². The van der Waals surface area contributed by atoms with Crippen molar-refractivity contribution in [2.24, 2.45) is 0 Å². The van der Waals surface area contributed by atoms with Gasteiger partial charge in [0, 0.05) is 44.2 Å². The van der Waals surface area contributed by atoms with Gasteiger partial charge in [0.1, 0.15) is 5.82 Å². The minimum absolute atomic E-state index is 0.108. The lowest BCUT2D eigenvalue weighted by molar-refractivity contribution is -0.138. The van der Waals surface area contributed by atoms with E-state index in [1.54, 1.807) is 19.1 Å². The summed E-state index contributed by atoms with van der Waals surface area (Å²) in [6, 6.07) is 4.24. The maximum absolute atomic E-state index is 14.2. The normalized spacial score (nSPS) is 18.7. The molecule has 1 N–H and O–H groups in total. The molecule has 2 rings (SSSR count). The zero-order valence-corrected chi connectivity index (χ0v) is 12.0. The van der Waals surface area contributed by atoms with E-state index in [-0.39, 0.29) is 6.42 Å². The number of nitrogens with zero attached hydrogens (tertiary/aromatic N) is 1. The van der Waals surface area contributed by atoms with Crippen LogP contribution in [-0.2, 0) is 0 Å². The van der Waals surface area contributed by atoms with Crippen LogP contribution in [0.2, 0.25) is 0 Å². The SMILES string of the molecule is Cc1ccc([C@@H](CCC(F)(F)F)N2CCNCC2)c(F)c1. The Hall–Kier alpha value is -1.14. The molecule has 1 aromatic carbocycles. The Kier molecular flexibility index (Phi) is 5.22. The summed E-state index contributed by atoms with van der Waals surface area (Å²) in [5.74, 6) is -0.416. The first-order valence-corrected chi connectivity index (χ1v) is 7.14.